The fourth-order valence-corrected chi connectivity index (χ4v) is 7.05. The van der Waals surface area contributed by atoms with Crippen molar-refractivity contribution in [2.45, 2.75) is 90.2 Å². The number of rotatable bonds is 11. The maximum atomic E-state index is 13.0. The predicted molar refractivity (Wildman–Crippen MR) is 166 cm³/mol. The van der Waals surface area contributed by atoms with E-state index >= 15 is 0 Å². The van der Waals surface area contributed by atoms with Crippen molar-refractivity contribution in [3.8, 4) is 5.75 Å². The van der Waals surface area contributed by atoms with Gasteiger partial charge in [0.15, 0.2) is 5.72 Å². The number of piperidine rings is 1. The van der Waals surface area contributed by atoms with Crippen LogP contribution >= 0.6 is 0 Å². The molecule has 1 aromatic rings. The molecule has 0 spiro atoms. The topological polar surface area (TPSA) is 97.0 Å². The maximum absolute atomic E-state index is 13.0. The van der Waals surface area contributed by atoms with Crippen LogP contribution in [0.1, 0.15) is 72.8 Å². The molecule has 0 bridgehead atoms. The number of nitrogens with one attached hydrogen (secondary N) is 1. The standard InChI is InChI=1S/C32H51BN2O8/c1-12-21-17-35(19-41-13-2)26(16-22(21)23(18-37-8)29(36)39-10)32(40-11)20(3)27-25(38-9)15-14-24(28(27)34-32)33-42-30(4,5)31(6,7)43-33/h14-15,18,20-22,26,34H,12-13,16-17,19H2,1-11H3/b23-18+/t20?,21-,22+,26?,32-/m1/s1. The van der Waals surface area contributed by atoms with Crippen LogP contribution in [0.2, 0.25) is 0 Å². The number of anilines is 1. The van der Waals surface area contributed by atoms with Gasteiger partial charge in [0.1, 0.15) is 5.75 Å². The van der Waals surface area contributed by atoms with E-state index in [0.717, 1.165) is 28.9 Å². The molecule has 5 atom stereocenters. The van der Waals surface area contributed by atoms with Crippen molar-refractivity contribution in [1.82, 2.24) is 4.90 Å². The normalized spacial score (nSPS) is 30.1. The lowest BCUT2D eigenvalue weighted by Crippen LogP contribution is -2.64. The largest absolute Gasteiger partial charge is 0.504 e. The third-order valence-corrected chi connectivity index (χ3v) is 10.2. The van der Waals surface area contributed by atoms with Crippen molar-refractivity contribution in [3.63, 3.8) is 0 Å². The van der Waals surface area contributed by atoms with E-state index in [2.05, 4.69) is 51.8 Å². The third-order valence-electron chi connectivity index (χ3n) is 10.2. The van der Waals surface area contributed by atoms with Crippen LogP contribution < -0.4 is 15.5 Å². The van der Waals surface area contributed by atoms with Crippen LogP contribution in [-0.4, -0.2) is 89.3 Å². The van der Waals surface area contributed by atoms with Crippen LogP contribution in [0.15, 0.2) is 24.0 Å². The Morgan fingerprint density at radius 1 is 1.12 bits per heavy atom. The molecule has 0 amide bonds. The molecule has 2 unspecified atom stereocenters. The lowest BCUT2D eigenvalue weighted by atomic mass is 9.72. The van der Waals surface area contributed by atoms with Gasteiger partial charge in [0.2, 0.25) is 0 Å². The van der Waals surface area contributed by atoms with Crippen molar-refractivity contribution in [2.24, 2.45) is 11.8 Å². The molecule has 1 N–H and O–H groups in total. The summed E-state index contributed by atoms with van der Waals surface area (Å²) in [5.74, 6) is 0.299. The first-order valence-corrected chi connectivity index (χ1v) is 15.4. The van der Waals surface area contributed by atoms with Gasteiger partial charge in [0.05, 0.1) is 57.1 Å². The van der Waals surface area contributed by atoms with E-state index in [0.29, 0.717) is 31.9 Å². The molecule has 2 fully saturated rings. The van der Waals surface area contributed by atoms with Gasteiger partial charge in [-0.1, -0.05) is 26.3 Å². The Morgan fingerprint density at radius 2 is 1.79 bits per heavy atom. The number of hydrogen-bond acceptors (Lipinski definition) is 10. The van der Waals surface area contributed by atoms with Gasteiger partial charge in [0.25, 0.3) is 0 Å². The molecule has 3 aliphatic rings. The molecule has 240 valence electrons. The third kappa shape index (κ3) is 5.79. The van der Waals surface area contributed by atoms with Crippen LogP contribution in [0.5, 0.6) is 5.75 Å². The van der Waals surface area contributed by atoms with Crippen molar-refractivity contribution in [2.75, 3.05) is 53.6 Å². The molecule has 3 heterocycles. The van der Waals surface area contributed by atoms with E-state index in [1.54, 1.807) is 21.3 Å². The van der Waals surface area contributed by atoms with E-state index in [9.17, 15) is 4.79 Å². The van der Waals surface area contributed by atoms with Crippen molar-refractivity contribution >= 4 is 24.2 Å². The van der Waals surface area contributed by atoms with Gasteiger partial charge in [-0.3, -0.25) is 4.90 Å². The van der Waals surface area contributed by atoms with Gasteiger partial charge in [0, 0.05) is 42.9 Å². The number of carbonyl (C=O) groups is 1. The van der Waals surface area contributed by atoms with Gasteiger partial charge in [-0.25, -0.2) is 4.79 Å². The van der Waals surface area contributed by atoms with Gasteiger partial charge in [-0.15, -0.1) is 0 Å². The molecule has 0 aromatic heterocycles. The SMILES string of the molecule is CCOCN1C[C@@H](CC)[C@@H](/C(=C\OC)C(=O)OC)CC1[C@@]1(OC)Nc2c(B3OC(C)(C)C(C)(C)O3)ccc(OC)c2C1C. The first kappa shape index (κ1) is 33.6. The second kappa shape index (κ2) is 13.0. The number of nitrogens with zero attached hydrogens (tertiary/aromatic N) is 1. The van der Waals surface area contributed by atoms with Crippen molar-refractivity contribution < 1.29 is 37.8 Å². The highest BCUT2D eigenvalue weighted by molar-refractivity contribution is 6.64. The zero-order valence-electron chi connectivity index (χ0n) is 27.9. The number of carbonyl (C=O) groups excluding carboxylic acids is 1. The Labute approximate surface area is 257 Å². The molecule has 10 nitrogen and oxygen atoms in total. The summed E-state index contributed by atoms with van der Waals surface area (Å²) < 4.78 is 42.1. The molecule has 0 radical (unpaired) electrons. The fourth-order valence-electron chi connectivity index (χ4n) is 7.05. The van der Waals surface area contributed by atoms with E-state index in [4.69, 9.17) is 33.0 Å². The highest BCUT2D eigenvalue weighted by atomic mass is 16.7. The van der Waals surface area contributed by atoms with Crippen LogP contribution in [0.3, 0.4) is 0 Å². The van der Waals surface area contributed by atoms with Crippen molar-refractivity contribution in [1.29, 1.82) is 0 Å². The maximum Gasteiger partial charge on any atom is 0.496 e. The molecular weight excluding hydrogens is 551 g/mol. The quantitative estimate of drug-likeness (QED) is 0.171. The van der Waals surface area contributed by atoms with Crippen LogP contribution in [0.25, 0.3) is 0 Å². The fraction of sp³-hybridized carbons (Fsp3) is 0.719. The van der Waals surface area contributed by atoms with Gasteiger partial charge in [-0.2, -0.15) is 0 Å². The molecule has 11 heteroatoms. The summed E-state index contributed by atoms with van der Waals surface area (Å²) in [6.45, 7) is 16.2. The Morgan fingerprint density at radius 3 is 2.33 bits per heavy atom. The van der Waals surface area contributed by atoms with E-state index in [1.807, 2.05) is 19.1 Å². The van der Waals surface area contributed by atoms with E-state index < -0.39 is 24.0 Å². The van der Waals surface area contributed by atoms with Gasteiger partial charge >= 0.3 is 13.1 Å². The van der Waals surface area contributed by atoms with Crippen LogP contribution in [0.4, 0.5) is 5.69 Å². The molecule has 0 aliphatic carbocycles. The Bertz CT molecular complexity index is 1170. The summed E-state index contributed by atoms with van der Waals surface area (Å²) >= 11 is 0. The first-order valence-electron chi connectivity index (χ1n) is 15.4. The molecule has 0 saturated carbocycles. The van der Waals surface area contributed by atoms with E-state index in [-0.39, 0.29) is 29.8 Å². The summed E-state index contributed by atoms with van der Waals surface area (Å²) in [6.07, 6.45) is 3.03. The summed E-state index contributed by atoms with van der Waals surface area (Å²) in [4.78, 5) is 15.4. The second-order valence-electron chi connectivity index (χ2n) is 12.8. The first-order chi connectivity index (χ1) is 20.4. The highest BCUT2D eigenvalue weighted by Crippen LogP contribution is 2.53. The lowest BCUT2D eigenvalue weighted by molar-refractivity contribution is -0.141. The summed E-state index contributed by atoms with van der Waals surface area (Å²) in [5, 5.41) is 3.84. The Hall–Kier alpha value is -2.31. The number of fused-ring (bicyclic) bond motifs is 1. The van der Waals surface area contributed by atoms with E-state index in [1.165, 1.54) is 13.4 Å². The number of methoxy groups -OCH3 is 4. The number of benzene rings is 1. The lowest BCUT2D eigenvalue weighted by Gasteiger charge is -2.52. The molecule has 2 saturated heterocycles. The van der Waals surface area contributed by atoms with Gasteiger partial charge in [-0.05, 0) is 58.9 Å². The number of likely N-dealkylation sites (tertiary alicyclic amines) is 1. The zero-order valence-corrected chi connectivity index (χ0v) is 27.9. The summed E-state index contributed by atoms with van der Waals surface area (Å²) in [6, 6.07) is 3.80. The molecule has 4 rings (SSSR count). The molecule has 1 aromatic carbocycles. The number of ether oxygens (including phenoxy) is 5. The average molecular weight is 603 g/mol. The molecule has 43 heavy (non-hydrogen) atoms. The molecule has 3 aliphatic heterocycles. The highest BCUT2D eigenvalue weighted by Gasteiger charge is 2.59. The monoisotopic (exact) mass is 602 g/mol. The van der Waals surface area contributed by atoms with Crippen LogP contribution in [0, 0.1) is 11.8 Å². The zero-order chi connectivity index (χ0) is 31.7. The minimum atomic E-state index is -0.891. The van der Waals surface area contributed by atoms with Crippen LogP contribution in [-0.2, 0) is 33.1 Å². The molecular formula is C32H51BN2O8. The second-order valence-corrected chi connectivity index (χ2v) is 12.8. The number of esters is 1. The minimum absolute atomic E-state index is 0.116. The summed E-state index contributed by atoms with van der Waals surface area (Å²) in [5.41, 5.74) is 1.43. The average Bonchev–Trinajstić information content (AvgIpc) is 3.41. The Kier molecular flexibility index (Phi) is 10.1. The Balaban J connectivity index is 1.83. The summed E-state index contributed by atoms with van der Waals surface area (Å²) in [7, 11) is 5.82. The number of hydrogen-bond donors (Lipinski definition) is 1. The van der Waals surface area contributed by atoms with Gasteiger partial charge < -0.3 is 38.3 Å². The van der Waals surface area contributed by atoms with Crippen molar-refractivity contribution in [3.05, 3.63) is 29.5 Å². The minimum Gasteiger partial charge on any atom is -0.504 e. The predicted octanol–water partition coefficient (Wildman–Crippen LogP) is 4.28. The smallest absolute Gasteiger partial charge is 0.496 e.